The van der Waals surface area contributed by atoms with Crippen LogP contribution >= 0.6 is 0 Å². The number of ketones is 1. The Bertz CT molecular complexity index is 1030. The Balaban J connectivity index is 1.88. The molecule has 6 nitrogen and oxygen atoms in total. The second-order valence-corrected chi connectivity index (χ2v) is 8.77. The first kappa shape index (κ1) is 21.2. The predicted molar refractivity (Wildman–Crippen MR) is 112 cm³/mol. The molecule has 0 radical (unpaired) electrons. The van der Waals surface area contributed by atoms with E-state index in [9.17, 15) is 14.4 Å². The lowest BCUT2D eigenvalue weighted by molar-refractivity contribution is -0.162. The molecule has 1 saturated carbocycles. The van der Waals surface area contributed by atoms with Gasteiger partial charge in [-0.2, -0.15) is 0 Å². The predicted octanol–water partition coefficient (Wildman–Crippen LogP) is 3.78. The molecule has 0 N–H and O–H groups in total. The van der Waals surface area contributed by atoms with E-state index in [1.807, 2.05) is 37.3 Å². The van der Waals surface area contributed by atoms with E-state index in [4.69, 9.17) is 14.2 Å². The van der Waals surface area contributed by atoms with Crippen LogP contribution in [0, 0.1) is 11.3 Å². The highest BCUT2D eigenvalue weighted by Gasteiger charge is 2.72. The van der Waals surface area contributed by atoms with Gasteiger partial charge in [0, 0.05) is 11.8 Å². The van der Waals surface area contributed by atoms with E-state index < -0.39 is 40.9 Å². The number of hydrogen-bond acceptors (Lipinski definition) is 6. The van der Waals surface area contributed by atoms with Crippen LogP contribution in [0.3, 0.4) is 0 Å². The zero-order chi connectivity index (χ0) is 22.4. The first-order valence-electron chi connectivity index (χ1n) is 10.4. The van der Waals surface area contributed by atoms with Crippen molar-refractivity contribution in [1.29, 1.82) is 0 Å². The van der Waals surface area contributed by atoms with Gasteiger partial charge in [-0.3, -0.25) is 14.4 Å². The maximum absolute atomic E-state index is 13.4. The summed E-state index contributed by atoms with van der Waals surface area (Å²) in [5, 5.41) is 0. The highest BCUT2D eigenvalue weighted by atomic mass is 16.6. The molecule has 6 heteroatoms. The highest BCUT2D eigenvalue weighted by molar-refractivity contribution is 6.08. The largest absolute Gasteiger partial charge is 0.497 e. The summed E-state index contributed by atoms with van der Waals surface area (Å²) in [6.45, 7) is 5.27. The summed E-state index contributed by atoms with van der Waals surface area (Å²) < 4.78 is 16.9. The maximum atomic E-state index is 13.4. The van der Waals surface area contributed by atoms with E-state index in [1.54, 1.807) is 38.1 Å². The number of benzene rings is 2. The Morgan fingerprint density at radius 1 is 1.03 bits per heavy atom. The summed E-state index contributed by atoms with van der Waals surface area (Å²) in [7, 11) is 1.53. The third kappa shape index (κ3) is 3.17. The van der Waals surface area contributed by atoms with E-state index in [-0.39, 0.29) is 12.2 Å². The van der Waals surface area contributed by atoms with Gasteiger partial charge in [0.05, 0.1) is 25.2 Å². The molecule has 2 aromatic carbocycles. The molecule has 2 fully saturated rings. The van der Waals surface area contributed by atoms with Crippen molar-refractivity contribution in [1.82, 2.24) is 0 Å². The van der Waals surface area contributed by atoms with Gasteiger partial charge in [0.1, 0.15) is 16.9 Å². The van der Waals surface area contributed by atoms with Crippen molar-refractivity contribution >= 4 is 17.7 Å². The number of rotatable bonds is 5. The van der Waals surface area contributed by atoms with Crippen molar-refractivity contribution < 1.29 is 28.6 Å². The van der Waals surface area contributed by atoms with E-state index in [0.29, 0.717) is 11.3 Å². The number of carbonyl (C=O) groups excluding carboxylic acids is 3. The van der Waals surface area contributed by atoms with E-state index >= 15 is 0 Å². The molecule has 0 amide bonds. The monoisotopic (exact) mass is 422 g/mol. The molecule has 1 saturated heterocycles. The second kappa shape index (κ2) is 7.61. The molecule has 2 aliphatic rings. The summed E-state index contributed by atoms with van der Waals surface area (Å²) in [5.74, 6) is -1.95. The molecule has 1 heterocycles. The lowest BCUT2D eigenvalue weighted by Gasteiger charge is -2.48. The molecule has 0 unspecified atom stereocenters. The molecule has 0 spiro atoms. The second-order valence-electron chi connectivity index (χ2n) is 8.77. The highest BCUT2D eigenvalue weighted by Crippen LogP contribution is 2.57. The normalized spacial score (nSPS) is 28.1. The molecule has 162 valence electrons. The Morgan fingerprint density at radius 3 is 2.42 bits per heavy atom. The molecule has 4 rings (SSSR count). The molecular weight excluding hydrogens is 396 g/mol. The van der Waals surface area contributed by atoms with Crippen LogP contribution in [0.4, 0.5) is 0 Å². The smallest absolute Gasteiger partial charge is 0.327 e. The topological polar surface area (TPSA) is 78.9 Å². The number of hydrogen-bond donors (Lipinski definition) is 0. The van der Waals surface area contributed by atoms with Gasteiger partial charge in [0.2, 0.25) is 0 Å². The Hall–Kier alpha value is -2.99. The molecule has 1 aliphatic carbocycles. The minimum Gasteiger partial charge on any atom is -0.497 e. The third-order valence-electron chi connectivity index (χ3n) is 6.73. The van der Waals surface area contributed by atoms with Crippen LogP contribution in [0.25, 0.3) is 0 Å². The number of carbonyl (C=O) groups is 3. The van der Waals surface area contributed by atoms with Gasteiger partial charge >= 0.3 is 11.9 Å². The lowest BCUT2D eigenvalue weighted by Crippen LogP contribution is -2.61. The molecular formula is C25H26O6. The Labute approximate surface area is 181 Å². The van der Waals surface area contributed by atoms with Gasteiger partial charge in [-0.1, -0.05) is 56.3 Å². The number of esters is 2. The summed E-state index contributed by atoms with van der Waals surface area (Å²) >= 11 is 0. The quantitative estimate of drug-likeness (QED) is 0.539. The fraction of sp³-hybridized carbons (Fsp3) is 0.400. The average Bonchev–Trinajstić information content (AvgIpc) is 3.04. The van der Waals surface area contributed by atoms with Crippen LogP contribution in [0.1, 0.15) is 44.4 Å². The lowest BCUT2D eigenvalue weighted by atomic mass is 9.52. The van der Waals surface area contributed by atoms with Gasteiger partial charge in [-0.25, -0.2) is 0 Å². The van der Waals surface area contributed by atoms with Crippen LogP contribution in [0.15, 0.2) is 54.6 Å². The zero-order valence-corrected chi connectivity index (χ0v) is 18.1. The number of cyclic esters (lactones) is 2. The molecule has 0 bridgehead atoms. The molecule has 31 heavy (non-hydrogen) atoms. The van der Waals surface area contributed by atoms with Gasteiger partial charge in [-0.15, -0.1) is 0 Å². The van der Waals surface area contributed by atoms with Crippen molar-refractivity contribution in [2.24, 2.45) is 11.3 Å². The summed E-state index contributed by atoms with van der Waals surface area (Å²) in [5.41, 5.74) is -1.05. The first-order valence-corrected chi connectivity index (χ1v) is 10.4. The molecule has 0 aromatic heterocycles. The number of Topliss-reactive ketones (excluding diaryl/α,β-unsaturated/α-hetero) is 1. The van der Waals surface area contributed by atoms with Crippen molar-refractivity contribution in [3.63, 3.8) is 0 Å². The van der Waals surface area contributed by atoms with Gasteiger partial charge in [0.15, 0.2) is 0 Å². The van der Waals surface area contributed by atoms with Crippen LogP contribution < -0.4 is 4.74 Å². The minimum atomic E-state index is -1.44. The molecule has 2 aromatic rings. The maximum Gasteiger partial charge on any atom is 0.327 e. The van der Waals surface area contributed by atoms with Gasteiger partial charge < -0.3 is 14.2 Å². The first-order chi connectivity index (χ1) is 14.7. The van der Waals surface area contributed by atoms with Crippen molar-refractivity contribution in [2.45, 2.75) is 44.8 Å². The average molecular weight is 422 g/mol. The van der Waals surface area contributed by atoms with Crippen LogP contribution in [-0.2, 0) is 29.3 Å². The Kier molecular flexibility index (Phi) is 5.21. The summed E-state index contributed by atoms with van der Waals surface area (Å²) in [4.78, 5) is 39.4. The fourth-order valence-corrected chi connectivity index (χ4v) is 5.03. The zero-order valence-electron chi connectivity index (χ0n) is 18.1. The van der Waals surface area contributed by atoms with Crippen molar-refractivity contribution in [2.75, 3.05) is 7.11 Å². The van der Waals surface area contributed by atoms with E-state index in [2.05, 4.69) is 0 Å². The van der Waals surface area contributed by atoms with Gasteiger partial charge in [-0.05, 0) is 30.2 Å². The number of ether oxygens (including phenoxy) is 3. The minimum absolute atomic E-state index is 0.000261. The summed E-state index contributed by atoms with van der Waals surface area (Å²) in [6, 6.07) is 16.6. The van der Waals surface area contributed by atoms with E-state index in [1.165, 1.54) is 7.11 Å². The van der Waals surface area contributed by atoms with Gasteiger partial charge in [0.25, 0.3) is 0 Å². The standard InChI is InChI=1S/C25H26O6/c1-15(16-9-6-5-7-10-16)30-20-14-19(26)24(2,3)21-22(27)31-23(28)25(20,21)17-11-8-12-18(13-17)29-4/h5-13,15,20-21H,14H2,1-4H3/t15-,20-,21+,25-/m0/s1. The number of methoxy groups -OCH3 is 1. The third-order valence-corrected chi connectivity index (χ3v) is 6.73. The van der Waals surface area contributed by atoms with Crippen molar-refractivity contribution in [3.8, 4) is 5.75 Å². The molecule has 4 atom stereocenters. The van der Waals surface area contributed by atoms with Crippen LogP contribution in [0.5, 0.6) is 5.75 Å². The summed E-state index contributed by atoms with van der Waals surface area (Å²) in [6.07, 6.45) is -1.26. The van der Waals surface area contributed by atoms with Crippen molar-refractivity contribution in [3.05, 3.63) is 65.7 Å². The van der Waals surface area contributed by atoms with Crippen LogP contribution in [-0.4, -0.2) is 30.9 Å². The Morgan fingerprint density at radius 2 is 1.74 bits per heavy atom. The SMILES string of the molecule is COc1cccc([C@@]23C(=O)OC(=O)[C@@H]2C(C)(C)C(=O)C[C@@H]3O[C@@H](C)c2ccccc2)c1. The van der Waals surface area contributed by atoms with Crippen LogP contribution in [0.2, 0.25) is 0 Å². The number of fused-ring (bicyclic) bond motifs is 1. The molecule has 1 aliphatic heterocycles. The fourth-order valence-electron chi connectivity index (χ4n) is 5.03. The van der Waals surface area contributed by atoms with E-state index in [0.717, 1.165) is 5.56 Å².